The van der Waals surface area contributed by atoms with Crippen molar-refractivity contribution < 1.29 is 19.1 Å². The van der Waals surface area contributed by atoms with Gasteiger partial charge in [0.05, 0.1) is 7.11 Å². The number of amides is 1. The molecule has 1 atom stereocenters. The first kappa shape index (κ1) is 19.9. The summed E-state index contributed by atoms with van der Waals surface area (Å²) >= 11 is 0. The van der Waals surface area contributed by atoms with Crippen molar-refractivity contribution in [1.82, 2.24) is 4.90 Å². The van der Waals surface area contributed by atoms with Gasteiger partial charge >= 0.3 is 0 Å². The minimum absolute atomic E-state index is 0.00624. The molecule has 1 saturated heterocycles. The number of methoxy groups -OCH3 is 1. The summed E-state index contributed by atoms with van der Waals surface area (Å²) in [5.41, 5.74) is 1.85. The number of ketones is 1. The molecule has 5 heteroatoms. The maximum Gasteiger partial charge on any atom is 0.260 e. The van der Waals surface area contributed by atoms with E-state index in [9.17, 15) is 9.59 Å². The van der Waals surface area contributed by atoms with Gasteiger partial charge in [0.25, 0.3) is 5.91 Å². The molecule has 0 saturated carbocycles. The topological polar surface area (TPSA) is 55.8 Å². The summed E-state index contributed by atoms with van der Waals surface area (Å²) in [6, 6.07) is 15.6. The fraction of sp³-hybridized carbons (Fsp3) is 0.391. The van der Waals surface area contributed by atoms with Crippen LogP contribution in [0.5, 0.6) is 11.5 Å². The first-order valence-corrected chi connectivity index (χ1v) is 9.73. The Bertz CT molecular complexity index is 819. The Balaban J connectivity index is 1.57. The predicted octanol–water partition coefficient (Wildman–Crippen LogP) is 3.90. The van der Waals surface area contributed by atoms with Gasteiger partial charge in [0, 0.05) is 18.2 Å². The van der Waals surface area contributed by atoms with Crippen LogP contribution in [0.1, 0.15) is 42.1 Å². The van der Waals surface area contributed by atoms with Crippen LogP contribution in [0.4, 0.5) is 0 Å². The molecule has 0 N–H and O–H groups in total. The van der Waals surface area contributed by atoms with E-state index < -0.39 is 0 Å². The molecule has 0 aliphatic carbocycles. The van der Waals surface area contributed by atoms with Crippen LogP contribution in [0, 0.1) is 0 Å². The number of benzene rings is 2. The molecule has 1 amide bonds. The number of hydrogen-bond acceptors (Lipinski definition) is 4. The molecule has 1 fully saturated rings. The van der Waals surface area contributed by atoms with Gasteiger partial charge in [-0.25, -0.2) is 0 Å². The van der Waals surface area contributed by atoms with Gasteiger partial charge in [-0.05, 0) is 56.4 Å². The van der Waals surface area contributed by atoms with Gasteiger partial charge < -0.3 is 14.4 Å². The normalized spacial score (nSPS) is 16.1. The Morgan fingerprint density at radius 1 is 1.11 bits per heavy atom. The molecule has 28 heavy (non-hydrogen) atoms. The lowest BCUT2D eigenvalue weighted by Crippen LogP contribution is -2.38. The SMILES string of the molecule is COc1cc(C(C)=O)ccc1OCC(=O)N1CCCC1CCc1ccccc1. The van der Waals surface area contributed by atoms with E-state index in [1.807, 2.05) is 23.1 Å². The van der Waals surface area contributed by atoms with Crippen LogP contribution in [-0.2, 0) is 11.2 Å². The maximum absolute atomic E-state index is 12.7. The molecule has 1 aliphatic heterocycles. The first-order chi connectivity index (χ1) is 13.6. The van der Waals surface area contributed by atoms with Crippen LogP contribution in [0.3, 0.4) is 0 Å². The van der Waals surface area contributed by atoms with Crippen LogP contribution in [0.25, 0.3) is 0 Å². The van der Waals surface area contributed by atoms with Gasteiger partial charge in [0.2, 0.25) is 0 Å². The van der Waals surface area contributed by atoms with Gasteiger partial charge in [-0.15, -0.1) is 0 Å². The monoisotopic (exact) mass is 381 g/mol. The van der Waals surface area contributed by atoms with Crippen molar-refractivity contribution in [3.63, 3.8) is 0 Å². The van der Waals surface area contributed by atoms with Gasteiger partial charge in [-0.2, -0.15) is 0 Å². The van der Waals surface area contributed by atoms with Crippen molar-refractivity contribution >= 4 is 11.7 Å². The quantitative estimate of drug-likeness (QED) is 0.651. The molecule has 2 aromatic carbocycles. The van der Waals surface area contributed by atoms with Gasteiger partial charge in [0.1, 0.15) is 0 Å². The highest BCUT2D eigenvalue weighted by molar-refractivity contribution is 5.94. The Labute approximate surface area is 166 Å². The molecule has 5 nitrogen and oxygen atoms in total. The highest BCUT2D eigenvalue weighted by Gasteiger charge is 2.28. The molecule has 0 bridgehead atoms. The van der Waals surface area contributed by atoms with E-state index in [2.05, 4.69) is 12.1 Å². The summed E-state index contributed by atoms with van der Waals surface area (Å²) in [5, 5.41) is 0. The summed E-state index contributed by atoms with van der Waals surface area (Å²) in [5.74, 6) is 0.885. The lowest BCUT2D eigenvalue weighted by atomic mass is 10.0. The smallest absolute Gasteiger partial charge is 0.260 e. The van der Waals surface area contributed by atoms with Crippen LogP contribution in [-0.4, -0.2) is 42.9 Å². The van der Waals surface area contributed by atoms with Crippen molar-refractivity contribution in [2.75, 3.05) is 20.3 Å². The van der Waals surface area contributed by atoms with E-state index >= 15 is 0 Å². The highest BCUT2D eigenvalue weighted by Crippen LogP contribution is 2.29. The second kappa shape index (κ2) is 9.40. The number of aryl methyl sites for hydroxylation is 1. The molecule has 0 radical (unpaired) electrons. The zero-order valence-electron chi connectivity index (χ0n) is 16.5. The summed E-state index contributed by atoms with van der Waals surface area (Å²) in [6.07, 6.45) is 4.00. The van der Waals surface area contributed by atoms with Gasteiger partial charge in [-0.3, -0.25) is 9.59 Å². The van der Waals surface area contributed by atoms with E-state index in [0.717, 1.165) is 32.2 Å². The summed E-state index contributed by atoms with van der Waals surface area (Å²) < 4.78 is 11.0. The van der Waals surface area contributed by atoms with Crippen LogP contribution in [0.2, 0.25) is 0 Å². The second-order valence-corrected chi connectivity index (χ2v) is 7.12. The fourth-order valence-corrected chi connectivity index (χ4v) is 3.67. The van der Waals surface area contributed by atoms with Crippen molar-refractivity contribution in [3.05, 3.63) is 59.7 Å². The molecule has 1 aliphatic rings. The van der Waals surface area contributed by atoms with E-state index in [1.165, 1.54) is 19.6 Å². The molecular weight excluding hydrogens is 354 g/mol. The average molecular weight is 381 g/mol. The number of carbonyl (C=O) groups excluding carboxylic acids is 2. The average Bonchev–Trinajstić information content (AvgIpc) is 3.19. The van der Waals surface area contributed by atoms with E-state index in [0.29, 0.717) is 17.1 Å². The molecule has 3 rings (SSSR count). The number of hydrogen-bond donors (Lipinski definition) is 0. The zero-order chi connectivity index (χ0) is 19.9. The van der Waals surface area contributed by atoms with E-state index in [4.69, 9.17) is 9.47 Å². The fourth-order valence-electron chi connectivity index (χ4n) is 3.67. The number of rotatable bonds is 8. The number of likely N-dealkylation sites (tertiary alicyclic amines) is 1. The Morgan fingerprint density at radius 2 is 1.89 bits per heavy atom. The van der Waals surface area contributed by atoms with Crippen LogP contribution < -0.4 is 9.47 Å². The van der Waals surface area contributed by atoms with Crippen molar-refractivity contribution in [1.29, 1.82) is 0 Å². The zero-order valence-corrected chi connectivity index (χ0v) is 16.5. The van der Waals surface area contributed by atoms with Crippen LogP contribution >= 0.6 is 0 Å². The molecule has 2 aromatic rings. The third-order valence-electron chi connectivity index (χ3n) is 5.23. The van der Waals surface area contributed by atoms with Gasteiger partial charge in [0.15, 0.2) is 23.9 Å². The summed E-state index contributed by atoms with van der Waals surface area (Å²) in [4.78, 5) is 26.2. The Kier molecular flexibility index (Phi) is 6.69. The van der Waals surface area contributed by atoms with Crippen molar-refractivity contribution in [3.8, 4) is 11.5 Å². The highest BCUT2D eigenvalue weighted by atomic mass is 16.5. The molecule has 0 spiro atoms. The lowest BCUT2D eigenvalue weighted by Gasteiger charge is -2.25. The molecule has 0 aromatic heterocycles. The molecule has 1 unspecified atom stereocenters. The van der Waals surface area contributed by atoms with Crippen molar-refractivity contribution in [2.24, 2.45) is 0 Å². The van der Waals surface area contributed by atoms with E-state index in [1.54, 1.807) is 18.2 Å². The van der Waals surface area contributed by atoms with E-state index in [-0.39, 0.29) is 24.3 Å². The first-order valence-electron chi connectivity index (χ1n) is 9.73. The number of Topliss-reactive ketones (excluding diaryl/α,β-unsaturated/α-hetero) is 1. The Morgan fingerprint density at radius 3 is 2.61 bits per heavy atom. The largest absolute Gasteiger partial charge is 0.493 e. The maximum atomic E-state index is 12.7. The second-order valence-electron chi connectivity index (χ2n) is 7.12. The predicted molar refractivity (Wildman–Crippen MR) is 108 cm³/mol. The molecule has 148 valence electrons. The third-order valence-corrected chi connectivity index (χ3v) is 5.23. The number of ether oxygens (including phenoxy) is 2. The summed E-state index contributed by atoms with van der Waals surface area (Å²) in [7, 11) is 1.52. The minimum Gasteiger partial charge on any atom is -0.493 e. The number of nitrogens with zero attached hydrogens (tertiary/aromatic N) is 1. The Hall–Kier alpha value is -2.82. The summed E-state index contributed by atoms with van der Waals surface area (Å²) in [6.45, 7) is 2.25. The lowest BCUT2D eigenvalue weighted by molar-refractivity contribution is -0.134. The molecular formula is C23H27NO4. The minimum atomic E-state index is -0.0424. The molecule has 1 heterocycles. The third kappa shape index (κ3) is 4.91. The number of carbonyl (C=O) groups is 2. The van der Waals surface area contributed by atoms with Crippen LogP contribution in [0.15, 0.2) is 48.5 Å². The standard InChI is InChI=1S/C23H27NO4/c1-17(25)19-11-13-21(22(15-19)27-2)28-16-23(26)24-14-6-9-20(24)12-10-18-7-4-3-5-8-18/h3-5,7-8,11,13,15,20H,6,9-10,12,14,16H2,1-2H3. The van der Waals surface area contributed by atoms with Crippen molar-refractivity contribution in [2.45, 2.75) is 38.6 Å². The van der Waals surface area contributed by atoms with Gasteiger partial charge in [-0.1, -0.05) is 30.3 Å².